The molecule has 0 aromatic carbocycles. The molecular weight excluding hydrogens is 164 g/mol. The van der Waals surface area contributed by atoms with Crippen LogP contribution >= 0.6 is 11.6 Å². The van der Waals surface area contributed by atoms with Crippen LogP contribution in [0.15, 0.2) is 22.8 Å². The van der Waals surface area contributed by atoms with Crippen LogP contribution in [0.25, 0.3) is 0 Å². The number of esters is 1. The number of methoxy groups -OCH3 is 1. The van der Waals surface area contributed by atoms with Gasteiger partial charge in [-0.15, -0.1) is 0 Å². The van der Waals surface area contributed by atoms with E-state index in [9.17, 15) is 4.79 Å². The molecule has 0 heterocycles. The van der Waals surface area contributed by atoms with E-state index >= 15 is 0 Å². The van der Waals surface area contributed by atoms with Crippen molar-refractivity contribution in [2.75, 3.05) is 7.11 Å². The van der Waals surface area contributed by atoms with E-state index in [4.69, 9.17) is 11.6 Å². The molecule has 11 heavy (non-hydrogen) atoms. The van der Waals surface area contributed by atoms with Crippen molar-refractivity contribution in [3.63, 3.8) is 0 Å². The van der Waals surface area contributed by atoms with E-state index in [1.165, 1.54) is 7.11 Å². The molecular formula is C8H9ClO2. The summed E-state index contributed by atoms with van der Waals surface area (Å²) in [5, 5.41) is 0.503. The third-order valence-electron chi connectivity index (χ3n) is 1.50. The van der Waals surface area contributed by atoms with Gasteiger partial charge in [-0.25, -0.2) is 4.79 Å². The summed E-state index contributed by atoms with van der Waals surface area (Å²) >= 11 is 5.75. The SMILES string of the molecule is COC(=O)C1=CCCC=C1Cl. The fraction of sp³-hybridized carbons (Fsp3) is 0.375. The summed E-state index contributed by atoms with van der Waals surface area (Å²) in [6, 6.07) is 0. The Bertz CT molecular complexity index is 228. The normalized spacial score (nSPS) is 16.9. The van der Waals surface area contributed by atoms with Crippen LogP contribution in [-0.4, -0.2) is 13.1 Å². The standard InChI is InChI=1S/C8H9ClO2/c1-11-8(10)6-4-2-3-5-7(6)9/h4-5H,2-3H2,1H3. The first kappa shape index (κ1) is 8.34. The van der Waals surface area contributed by atoms with Gasteiger partial charge in [0.2, 0.25) is 0 Å². The molecule has 3 heteroatoms. The Hall–Kier alpha value is -0.760. The van der Waals surface area contributed by atoms with Crippen molar-refractivity contribution in [1.29, 1.82) is 0 Å². The molecule has 0 saturated heterocycles. The molecule has 0 bridgehead atoms. The van der Waals surface area contributed by atoms with E-state index in [0.717, 1.165) is 12.8 Å². The topological polar surface area (TPSA) is 26.3 Å². The van der Waals surface area contributed by atoms with Crippen LogP contribution in [0.1, 0.15) is 12.8 Å². The summed E-state index contributed by atoms with van der Waals surface area (Å²) in [6.07, 6.45) is 5.39. The molecule has 0 radical (unpaired) electrons. The molecule has 0 aromatic heterocycles. The number of allylic oxidation sites excluding steroid dienone is 2. The second-order valence-electron chi connectivity index (χ2n) is 2.24. The molecule has 0 unspecified atom stereocenters. The lowest BCUT2D eigenvalue weighted by molar-refractivity contribution is -0.135. The molecule has 0 amide bonds. The van der Waals surface area contributed by atoms with Crippen LogP contribution in [0.2, 0.25) is 0 Å². The van der Waals surface area contributed by atoms with Gasteiger partial charge in [-0.2, -0.15) is 0 Å². The molecule has 1 aliphatic carbocycles. The molecule has 0 atom stereocenters. The largest absolute Gasteiger partial charge is 0.465 e. The van der Waals surface area contributed by atoms with Gasteiger partial charge in [0, 0.05) is 0 Å². The van der Waals surface area contributed by atoms with Crippen LogP contribution in [-0.2, 0) is 9.53 Å². The Kier molecular flexibility index (Phi) is 2.71. The molecule has 1 rings (SSSR count). The zero-order valence-electron chi connectivity index (χ0n) is 6.26. The van der Waals surface area contributed by atoms with Gasteiger partial charge in [0.05, 0.1) is 17.7 Å². The lowest BCUT2D eigenvalue weighted by atomic mass is 10.1. The predicted molar refractivity (Wildman–Crippen MR) is 43.3 cm³/mol. The first-order valence-corrected chi connectivity index (χ1v) is 3.78. The summed E-state index contributed by atoms with van der Waals surface area (Å²) in [5.74, 6) is -0.356. The highest BCUT2D eigenvalue weighted by Crippen LogP contribution is 2.22. The molecule has 0 saturated carbocycles. The van der Waals surface area contributed by atoms with Crippen LogP contribution in [0.5, 0.6) is 0 Å². The maximum absolute atomic E-state index is 11.0. The van der Waals surface area contributed by atoms with E-state index in [0.29, 0.717) is 10.6 Å². The minimum atomic E-state index is -0.356. The number of rotatable bonds is 1. The summed E-state index contributed by atoms with van der Waals surface area (Å²) in [4.78, 5) is 11.0. The quantitative estimate of drug-likeness (QED) is 0.566. The van der Waals surface area contributed by atoms with Gasteiger partial charge in [0.1, 0.15) is 0 Å². The highest BCUT2D eigenvalue weighted by molar-refractivity contribution is 6.35. The van der Waals surface area contributed by atoms with Crippen molar-refractivity contribution in [3.8, 4) is 0 Å². The number of ether oxygens (including phenoxy) is 1. The predicted octanol–water partition coefficient (Wildman–Crippen LogP) is 2.00. The molecule has 1 aliphatic rings. The van der Waals surface area contributed by atoms with Crippen LogP contribution in [0.4, 0.5) is 0 Å². The molecule has 0 aromatic rings. The van der Waals surface area contributed by atoms with Crippen molar-refractivity contribution in [2.45, 2.75) is 12.8 Å². The van der Waals surface area contributed by atoms with Gasteiger partial charge in [-0.1, -0.05) is 23.8 Å². The fourth-order valence-corrected chi connectivity index (χ4v) is 1.20. The maximum atomic E-state index is 11.0. The molecule has 0 fully saturated rings. The van der Waals surface area contributed by atoms with E-state index in [1.807, 2.05) is 6.08 Å². The number of carbonyl (C=O) groups excluding carboxylic acids is 1. The number of halogens is 1. The zero-order chi connectivity index (χ0) is 8.27. The first-order chi connectivity index (χ1) is 5.25. The average molecular weight is 173 g/mol. The van der Waals surface area contributed by atoms with Crippen molar-refractivity contribution < 1.29 is 9.53 Å². The molecule has 60 valence electrons. The van der Waals surface area contributed by atoms with Gasteiger partial charge in [-0.3, -0.25) is 0 Å². The van der Waals surface area contributed by atoms with Gasteiger partial charge in [0.15, 0.2) is 0 Å². The van der Waals surface area contributed by atoms with Crippen molar-refractivity contribution in [3.05, 3.63) is 22.8 Å². The zero-order valence-corrected chi connectivity index (χ0v) is 7.02. The minimum absolute atomic E-state index is 0.356. The summed E-state index contributed by atoms with van der Waals surface area (Å²) in [7, 11) is 1.35. The molecule has 0 N–H and O–H groups in total. The highest BCUT2D eigenvalue weighted by Gasteiger charge is 2.14. The summed E-state index contributed by atoms with van der Waals surface area (Å²) in [6.45, 7) is 0. The van der Waals surface area contributed by atoms with E-state index < -0.39 is 0 Å². The van der Waals surface area contributed by atoms with Gasteiger partial charge >= 0.3 is 5.97 Å². The Morgan fingerprint density at radius 1 is 1.55 bits per heavy atom. The smallest absolute Gasteiger partial charge is 0.339 e. The van der Waals surface area contributed by atoms with E-state index in [-0.39, 0.29) is 5.97 Å². The highest BCUT2D eigenvalue weighted by atomic mass is 35.5. The van der Waals surface area contributed by atoms with Crippen LogP contribution < -0.4 is 0 Å². The average Bonchev–Trinajstić information content (AvgIpc) is 2.04. The molecule has 2 nitrogen and oxygen atoms in total. The Morgan fingerprint density at radius 3 is 2.73 bits per heavy atom. The monoisotopic (exact) mass is 172 g/mol. The Labute approximate surface area is 70.5 Å². The van der Waals surface area contributed by atoms with Gasteiger partial charge in [-0.05, 0) is 12.8 Å². The van der Waals surface area contributed by atoms with Gasteiger partial charge < -0.3 is 4.74 Å². The van der Waals surface area contributed by atoms with Crippen molar-refractivity contribution in [2.24, 2.45) is 0 Å². The molecule has 0 aliphatic heterocycles. The van der Waals surface area contributed by atoms with E-state index in [2.05, 4.69) is 4.74 Å². The minimum Gasteiger partial charge on any atom is -0.465 e. The lowest BCUT2D eigenvalue weighted by Crippen LogP contribution is -2.06. The van der Waals surface area contributed by atoms with Crippen molar-refractivity contribution in [1.82, 2.24) is 0 Å². The van der Waals surface area contributed by atoms with Crippen molar-refractivity contribution >= 4 is 17.6 Å². The Balaban J connectivity index is 2.78. The lowest BCUT2D eigenvalue weighted by Gasteiger charge is -2.07. The van der Waals surface area contributed by atoms with Crippen LogP contribution in [0.3, 0.4) is 0 Å². The number of hydrogen-bond donors (Lipinski definition) is 0. The first-order valence-electron chi connectivity index (χ1n) is 3.40. The Morgan fingerprint density at radius 2 is 2.18 bits per heavy atom. The van der Waals surface area contributed by atoms with Crippen LogP contribution in [0, 0.1) is 0 Å². The molecule has 0 spiro atoms. The number of hydrogen-bond acceptors (Lipinski definition) is 2. The number of carbonyl (C=O) groups is 1. The fourth-order valence-electron chi connectivity index (χ4n) is 0.936. The summed E-state index contributed by atoms with van der Waals surface area (Å²) in [5.41, 5.74) is 0.486. The third kappa shape index (κ3) is 1.84. The second-order valence-corrected chi connectivity index (χ2v) is 2.65. The van der Waals surface area contributed by atoms with E-state index in [1.54, 1.807) is 6.08 Å². The maximum Gasteiger partial charge on any atom is 0.339 e. The summed E-state index contributed by atoms with van der Waals surface area (Å²) < 4.78 is 4.53. The second kappa shape index (κ2) is 3.58. The third-order valence-corrected chi connectivity index (χ3v) is 1.86. The van der Waals surface area contributed by atoms with Gasteiger partial charge in [0.25, 0.3) is 0 Å².